The zero-order chi connectivity index (χ0) is 15.4. The quantitative estimate of drug-likeness (QED) is 0.867. The lowest BCUT2D eigenvalue weighted by atomic mass is 10.1. The molecule has 0 aliphatic heterocycles. The molecule has 0 aliphatic carbocycles. The highest BCUT2D eigenvalue weighted by molar-refractivity contribution is 6.36. The van der Waals surface area contributed by atoms with Crippen LogP contribution in [-0.2, 0) is 4.74 Å². The Balaban J connectivity index is 2.32. The maximum atomic E-state index is 12.2. The third kappa shape index (κ3) is 3.54. The van der Waals surface area contributed by atoms with Gasteiger partial charge in [0.1, 0.15) is 0 Å². The van der Waals surface area contributed by atoms with E-state index >= 15 is 0 Å². The van der Waals surface area contributed by atoms with Gasteiger partial charge in [0.15, 0.2) is 0 Å². The smallest absolute Gasteiger partial charge is 0.339 e. The number of amides is 1. The number of carbonyl (C=O) groups is 2. The largest absolute Gasteiger partial charge is 0.465 e. The van der Waals surface area contributed by atoms with Gasteiger partial charge in [-0.15, -0.1) is 0 Å². The Labute approximate surface area is 131 Å². The second-order valence-corrected chi connectivity index (χ2v) is 4.96. The minimum absolute atomic E-state index is 0.226. The number of nitrogens with one attached hydrogen (secondary N) is 1. The minimum atomic E-state index is -0.539. The van der Waals surface area contributed by atoms with Crippen LogP contribution >= 0.6 is 23.2 Å². The lowest BCUT2D eigenvalue weighted by Crippen LogP contribution is -2.15. The molecule has 0 radical (unpaired) electrons. The predicted octanol–water partition coefficient (Wildman–Crippen LogP) is 4.03. The summed E-state index contributed by atoms with van der Waals surface area (Å²) in [5, 5.41) is 3.29. The number of rotatable bonds is 3. The van der Waals surface area contributed by atoms with E-state index in [-0.39, 0.29) is 16.1 Å². The number of methoxy groups -OCH3 is 1. The summed E-state index contributed by atoms with van der Waals surface area (Å²) in [7, 11) is 1.27. The van der Waals surface area contributed by atoms with Crippen LogP contribution in [0.3, 0.4) is 0 Å². The average molecular weight is 324 g/mol. The van der Waals surface area contributed by atoms with Crippen molar-refractivity contribution < 1.29 is 14.3 Å². The van der Waals surface area contributed by atoms with Crippen molar-refractivity contribution in [1.29, 1.82) is 0 Å². The van der Waals surface area contributed by atoms with E-state index in [0.29, 0.717) is 10.7 Å². The summed E-state index contributed by atoms with van der Waals surface area (Å²) in [5.41, 5.74) is 0.820. The highest BCUT2D eigenvalue weighted by Gasteiger charge is 2.16. The first-order valence-corrected chi connectivity index (χ1v) is 6.72. The van der Waals surface area contributed by atoms with Gasteiger partial charge >= 0.3 is 5.97 Å². The maximum Gasteiger partial charge on any atom is 0.339 e. The molecule has 0 unspecified atom stereocenters. The molecular weight excluding hydrogens is 313 g/mol. The number of hydrogen-bond acceptors (Lipinski definition) is 3. The van der Waals surface area contributed by atoms with Gasteiger partial charge in [-0.05, 0) is 30.3 Å². The first-order valence-electron chi connectivity index (χ1n) is 5.96. The monoisotopic (exact) mass is 323 g/mol. The highest BCUT2D eigenvalue weighted by atomic mass is 35.5. The fraction of sp³-hybridized carbons (Fsp3) is 0.0667. The summed E-state index contributed by atoms with van der Waals surface area (Å²) in [5.74, 6) is -0.998. The molecule has 0 aliphatic rings. The van der Waals surface area contributed by atoms with Crippen molar-refractivity contribution in [3.8, 4) is 0 Å². The third-order valence-electron chi connectivity index (χ3n) is 2.75. The Morgan fingerprint density at radius 1 is 1.05 bits per heavy atom. The number of ether oxygens (including phenoxy) is 1. The van der Waals surface area contributed by atoms with Gasteiger partial charge in [-0.2, -0.15) is 0 Å². The van der Waals surface area contributed by atoms with Crippen molar-refractivity contribution in [2.24, 2.45) is 0 Å². The van der Waals surface area contributed by atoms with Crippen molar-refractivity contribution in [3.63, 3.8) is 0 Å². The van der Waals surface area contributed by atoms with Crippen LogP contribution in [0.15, 0.2) is 42.5 Å². The van der Waals surface area contributed by atoms with Gasteiger partial charge in [0.25, 0.3) is 5.91 Å². The lowest BCUT2D eigenvalue weighted by molar-refractivity contribution is 0.0602. The van der Waals surface area contributed by atoms with Gasteiger partial charge in [-0.3, -0.25) is 4.79 Å². The summed E-state index contributed by atoms with van der Waals surface area (Å²) < 4.78 is 4.67. The number of hydrogen-bond donors (Lipinski definition) is 1. The molecule has 2 aromatic carbocycles. The molecule has 0 atom stereocenters. The second kappa shape index (κ2) is 6.61. The summed E-state index contributed by atoms with van der Waals surface area (Å²) in [6.45, 7) is 0. The second-order valence-electron chi connectivity index (χ2n) is 4.12. The van der Waals surface area contributed by atoms with E-state index in [1.54, 1.807) is 30.3 Å². The van der Waals surface area contributed by atoms with Crippen molar-refractivity contribution in [2.45, 2.75) is 0 Å². The van der Waals surface area contributed by atoms with Gasteiger partial charge in [0, 0.05) is 5.02 Å². The highest BCUT2D eigenvalue weighted by Crippen LogP contribution is 2.23. The van der Waals surface area contributed by atoms with Crippen molar-refractivity contribution in [2.75, 3.05) is 12.4 Å². The van der Waals surface area contributed by atoms with Crippen molar-refractivity contribution in [3.05, 3.63) is 63.6 Å². The van der Waals surface area contributed by atoms with E-state index in [0.717, 1.165) is 0 Å². The zero-order valence-electron chi connectivity index (χ0n) is 11.0. The molecule has 0 spiro atoms. The Bertz CT molecular complexity index is 701. The summed E-state index contributed by atoms with van der Waals surface area (Å²) in [6.07, 6.45) is 0. The topological polar surface area (TPSA) is 55.4 Å². The number of halogens is 2. The molecule has 0 aromatic heterocycles. The molecular formula is C15H11Cl2NO3. The fourth-order valence-electron chi connectivity index (χ4n) is 1.74. The molecule has 0 fully saturated rings. The first kappa shape index (κ1) is 15.4. The molecule has 0 heterocycles. The molecule has 108 valence electrons. The third-order valence-corrected chi connectivity index (χ3v) is 3.32. The van der Waals surface area contributed by atoms with Crippen molar-refractivity contribution in [1.82, 2.24) is 0 Å². The van der Waals surface area contributed by atoms with Gasteiger partial charge in [0.2, 0.25) is 0 Å². The molecule has 0 saturated heterocycles. The van der Waals surface area contributed by atoms with E-state index in [4.69, 9.17) is 23.2 Å². The van der Waals surface area contributed by atoms with Gasteiger partial charge in [0.05, 0.1) is 28.9 Å². The van der Waals surface area contributed by atoms with Crippen LogP contribution in [0.1, 0.15) is 20.7 Å². The average Bonchev–Trinajstić information content (AvgIpc) is 2.49. The van der Waals surface area contributed by atoms with Gasteiger partial charge in [-0.1, -0.05) is 35.3 Å². The molecule has 1 amide bonds. The van der Waals surface area contributed by atoms with Crippen LogP contribution in [-0.4, -0.2) is 19.0 Å². The number of para-hydroxylation sites is 1. The molecule has 4 nitrogen and oxygen atoms in total. The van der Waals surface area contributed by atoms with Crippen LogP contribution in [0, 0.1) is 0 Å². The predicted molar refractivity (Wildman–Crippen MR) is 82.2 cm³/mol. The first-order chi connectivity index (χ1) is 10.0. The molecule has 1 N–H and O–H groups in total. The zero-order valence-corrected chi connectivity index (χ0v) is 12.5. The summed E-state index contributed by atoms with van der Waals surface area (Å²) in [6, 6.07) is 11.1. The van der Waals surface area contributed by atoms with Crippen LogP contribution in [0.4, 0.5) is 5.69 Å². The number of benzene rings is 2. The lowest BCUT2D eigenvalue weighted by Gasteiger charge is -2.10. The fourth-order valence-corrected chi connectivity index (χ4v) is 2.12. The minimum Gasteiger partial charge on any atom is -0.465 e. The van der Waals surface area contributed by atoms with E-state index in [1.807, 2.05) is 0 Å². The Kier molecular flexibility index (Phi) is 4.83. The Morgan fingerprint density at radius 3 is 2.48 bits per heavy atom. The molecule has 0 bridgehead atoms. The molecule has 6 heteroatoms. The van der Waals surface area contributed by atoms with E-state index in [1.165, 1.54) is 19.2 Å². The maximum absolute atomic E-state index is 12.2. The normalized spacial score (nSPS) is 10.0. The standard InChI is InChI=1S/C15H11Cl2NO3/c1-21-15(20)10-4-2-3-5-13(10)18-14(19)11-8-9(16)6-7-12(11)17/h2-8H,1H3,(H,18,19). The van der Waals surface area contributed by atoms with E-state index in [9.17, 15) is 9.59 Å². The Morgan fingerprint density at radius 2 is 1.76 bits per heavy atom. The number of carbonyl (C=O) groups excluding carboxylic acids is 2. The molecule has 0 saturated carbocycles. The number of esters is 1. The molecule has 21 heavy (non-hydrogen) atoms. The van der Waals surface area contributed by atoms with Crippen LogP contribution in [0.2, 0.25) is 10.0 Å². The van der Waals surface area contributed by atoms with E-state index < -0.39 is 11.9 Å². The SMILES string of the molecule is COC(=O)c1ccccc1NC(=O)c1cc(Cl)ccc1Cl. The van der Waals surface area contributed by atoms with Crippen molar-refractivity contribution >= 4 is 40.8 Å². The van der Waals surface area contributed by atoms with Crippen LogP contribution in [0.25, 0.3) is 0 Å². The van der Waals surface area contributed by atoms with Gasteiger partial charge in [-0.25, -0.2) is 4.79 Å². The molecule has 2 rings (SSSR count). The van der Waals surface area contributed by atoms with Crippen LogP contribution < -0.4 is 5.32 Å². The Hall–Kier alpha value is -2.04. The van der Waals surface area contributed by atoms with Gasteiger partial charge < -0.3 is 10.1 Å². The number of anilines is 1. The van der Waals surface area contributed by atoms with E-state index in [2.05, 4.69) is 10.1 Å². The summed E-state index contributed by atoms with van der Waals surface area (Å²) in [4.78, 5) is 23.9. The summed E-state index contributed by atoms with van der Waals surface area (Å²) >= 11 is 11.8. The molecule has 2 aromatic rings. The van der Waals surface area contributed by atoms with Crippen LogP contribution in [0.5, 0.6) is 0 Å².